The summed E-state index contributed by atoms with van der Waals surface area (Å²) in [5.41, 5.74) is 0.772. The smallest absolute Gasteiger partial charge is 0.231 e. The fourth-order valence-electron chi connectivity index (χ4n) is 2.13. The number of hydrogen-bond acceptors (Lipinski definition) is 2. The average molecular weight is 207 g/mol. The first-order valence-electron chi connectivity index (χ1n) is 5.44. The molecule has 1 aliphatic carbocycles. The number of nitrogens with zero attached hydrogens (tertiary/aromatic N) is 1. The fourth-order valence-corrected chi connectivity index (χ4v) is 2.13. The molecule has 2 N–H and O–H groups in total. The third-order valence-electron chi connectivity index (χ3n) is 3.20. The number of carbonyl (C=O) groups is 1. The largest absolute Gasteiger partial charge is 0.309 e. The van der Waals surface area contributed by atoms with E-state index in [0.717, 1.165) is 31.4 Å². The van der Waals surface area contributed by atoms with E-state index in [1.165, 1.54) is 0 Å². The zero-order valence-electron chi connectivity index (χ0n) is 9.26. The third kappa shape index (κ3) is 2.03. The van der Waals surface area contributed by atoms with Crippen LogP contribution in [0.4, 0.5) is 5.82 Å². The van der Waals surface area contributed by atoms with Crippen molar-refractivity contribution in [3.63, 3.8) is 0 Å². The molecule has 0 radical (unpaired) electrons. The van der Waals surface area contributed by atoms with Gasteiger partial charge in [-0.1, -0.05) is 19.8 Å². The summed E-state index contributed by atoms with van der Waals surface area (Å²) >= 11 is 0. The van der Waals surface area contributed by atoms with Gasteiger partial charge in [-0.25, -0.2) is 0 Å². The number of amides is 1. The van der Waals surface area contributed by atoms with Crippen molar-refractivity contribution in [2.75, 3.05) is 5.32 Å². The highest BCUT2D eigenvalue weighted by Gasteiger charge is 2.36. The van der Waals surface area contributed by atoms with Crippen LogP contribution in [-0.2, 0) is 4.79 Å². The molecule has 0 spiro atoms. The molecule has 82 valence electrons. The molecule has 1 amide bonds. The van der Waals surface area contributed by atoms with E-state index in [1.54, 1.807) is 0 Å². The van der Waals surface area contributed by atoms with Crippen molar-refractivity contribution < 1.29 is 4.79 Å². The molecule has 4 heteroatoms. The van der Waals surface area contributed by atoms with Crippen molar-refractivity contribution in [3.8, 4) is 0 Å². The minimum Gasteiger partial charge on any atom is -0.309 e. The Bertz CT molecular complexity index is 364. The van der Waals surface area contributed by atoms with Gasteiger partial charge in [-0.05, 0) is 19.8 Å². The summed E-state index contributed by atoms with van der Waals surface area (Å²) in [6, 6.07) is 1.84. The normalized spacial score (nSPS) is 19.1. The van der Waals surface area contributed by atoms with Crippen LogP contribution in [-0.4, -0.2) is 16.1 Å². The molecule has 1 fully saturated rings. The van der Waals surface area contributed by atoms with Crippen molar-refractivity contribution in [1.29, 1.82) is 0 Å². The molecule has 15 heavy (non-hydrogen) atoms. The Morgan fingerprint density at radius 2 is 2.20 bits per heavy atom. The van der Waals surface area contributed by atoms with Crippen LogP contribution in [0.15, 0.2) is 6.07 Å². The quantitative estimate of drug-likeness (QED) is 0.781. The van der Waals surface area contributed by atoms with Gasteiger partial charge < -0.3 is 5.32 Å². The Labute approximate surface area is 89.5 Å². The van der Waals surface area contributed by atoms with Crippen molar-refractivity contribution >= 4 is 11.7 Å². The van der Waals surface area contributed by atoms with Gasteiger partial charge in [0.15, 0.2) is 5.82 Å². The molecule has 1 heterocycles. The maximum absolute atomic E-state index is 12.0. The number of aromatic amines is 1. The van der Waals surface area contributed by atoms with Gasteiger partial charge in [-0.2, -0.15) is 5.10 Å². The number of carbonyl (C=O) groups excluding carboxylic acids is 1. The van der Waals surface area contributed by atoms with Crippen LogP contribution < -0.4 is 5.32 Å². The fraction of sp³-hybridized carbons (Fsp3) is 0.636. The van der Waals surface area contributed by atoms with Crippen molar-refractivity contribution in [1.82, 2.24) is 10.2 Å². The number of aromatic nitrogens is 2. The number of aryl methyl sites for hydroxylation is 1. The van der Waals surface area contributed by atoms with Gasteiger partial charge in [0.25, 0.3) is 0 Å². The molecule has 2 rings (SSSR count). The Hall–Kier alpha value is -1.32. The predicted molar refractivity (Wildman–Crippen MR) is 58.5 cm³/mol. The van der Waals surface area contributed by atoms with E-state index < -0.39 is 0 Å². The monoisotopic (exact) mass is 207 g/mol. The molecular weight excluding hydrogens is 190 g/mol. The summed E-state index contributed by atoms with van der Waals surface area (Å²) in [6.07, 6.45) is 4.29. The van der Waals surface area contributed by atoms with Crippen LogP contribution >= 0.6 is 0 Å². The number of hydrogen-bond donors (Lipinski definition) is 2. The molecule has 1 saturated carbocycles. The molecular formula is C11H17N3O. The van der Waals surface area contributed by atoms with E-state index in [0.29, 0.717) is 5.82 Å². The molecule has 1 aromatic heterocycles. The highest BCUT2D eigenvalue weighted by Crippen LogP contribution is 2.38. The van der Waals surface area contributed by atoms with Crippen molar-refractivity contribution in [2.24, 2.45) is 5.41 Å². The summed E-state index contributed by atoms with van der Waals surface area (Å²) in [4.78, 5) is 12.0. The number of anilines is 1. The van der Waals surface area contributed by atoms with E-state index in [-0.39, 0.29) is 11.3 Å². The molecule has 0 saturated heterocycles. The molecule has 4 nitrogen and oxygen atoms in total. The maximum Gasteiger partial charge on any atom is 0.231 e. The van der Waals surface area contributed by atoms with Gasteiger partial charge in [0.2, 0.25) is 5.91 Å². The Balaban J connectivity index is 2.03. The lowest BCUT2D eigenvalue weighted by Gasteiger charge is -2.21. The second-order valence-electron chi connectivity index (χ2n) is 4.66. The van der Waals surface area contributed by atoms with E-state index in [2.05, 4.69) is 15.5 Å². The maximum atomic E-state index is 12.0. The molecule has 0 bridgehead atoms. The van der Waals surface area contributed by atoms with Gasteiger partial charge in [-0.15, -0.1) is 0 Å². The Kier molecular flexibility index (Phi) is 2.50. The Morgan fingerprint density at radius 1 is 1.53 bits per heavy atom. The molecule has 0 atom stereocenters. The topological polar surface area (TPSA) is 57.8 Å². The SMILES string of the molecule is Cc1cc(NC(=O)C2(C)CCCC2)n[nH]1. The molecule has 0 unspecified atom stereocenters. The highest BCUT2D eigenvalue weighted by molar-refractivity contribution is 5.94. The highest BCUT2D eigenvalue weighted by atomic mass is 16.2. The van der Waals surface area contributed by atoms with Gasteiger partial charge in [0, 0.05) is 17.2 Å². The first kappa shape index (κ1) is 10.2. The zero-order chi connectivity index (χ0) is 10.9. The van der Waals surface area contributed by atoms with Gasteiger partial charge in [-0.3, -0.25) is 9.89 Å². The van der Waals surface area contributed by atoms with E-state index in [4.69, 9.17) is 0 Å². The van der Waals surface area contributed by atoms with Crippen molar-refractivity contribution in [2.45, 2.75) is 39.5 Å². The lowest BCUT2D eigenvalue weighted by molar-refractivity contribution is -0.124. The second kappa shape index (κ2) is 3.68. The average Bonchev–Trinajstić information content (AvgIpc) is 2.76. The van der Waals surface area contributed by atoms with Gasteiger partial charge in [0.05, 0.1) is 0 Å². The van der Waals surface area contributed by atoms with E-state index in [1.807, 2.05) is 19.9 Å². The minimum absolute atomic E-state index is 0.103. The molecule has 1 aliphatic rings. The van der Waals surface area contributed by atoms with Crippen LogP contribution in [0.2, 0.25) is 0 Å². The van der Waals surface area contributed by atoms with Crippen LogP contribution in [0.1, 0.15) is 38.3 Å². The first-order valence-corrected chi connectivity index (χ1v) is 5.44. The summed E-state index contributed by atoms with van der Waals surface area (Å²) < 4.78 is 0. The first-order chi connectivity index (χ1) is 7.10. The van der Waals surface area contributed by atoms with Gasteiger partial charge >= 0.3 is 0 Å². The summed E-state index contributed by atoms with van der Waals surface area (Å²) in [5.74, 6) is 0.733. The number of H-pyrrole nitrogens is 1. The second-order valence-corrected chi connectivity index (χ2v) is 4.66. The van der Waals surface area contributed by atoms with Crippen LogP contribution in [0.3, 0.4) is 0 Å². The zero-order valence-corrected chi connectivity index (χ0v) is 9.26. The van der Waals surface area contributed by atoms with Gasteiger partial charge in [0.1, 0.15) is 0 Å². The lowest BCUT2D eigenvalue weighted by atomic mass is 9.88. The van der Waals surface area contributed by atoms with Crippen LogP contribution in [0, 0.1) is 12.3 Å². The summed E-state index contributed by atoms with van der Waals surface area (Å²) in [6.45, 7) is 3.95. The predicted octanol–water partition coefficient (Wildman–Crippen LogP) is 2.24. The Morgan fingerprint density at radius 3 is 2.73 bits per heavy atom. The molecule has 0 aliphatic heterocycles. The van der Waals surface area contributed by atoms with Crippen molar-refractivity contribution in [3.05, 3.63) is 11.8 Å². The van der Waals surface area contributed by atoms with Crippen LogP contribution in [0.25, 0.3) is 0 Å². The molecule has 0 aromatic carbocycles. The molecule has 1 aromatic rings. The van der Waals surface area contributed by atoms with Crippen LogP contribution in [0.5, 0.6) is 0 Å². The number of nitrogens with one attached hydrogen (secondary N) is 2. The van der Waals surface area contributed by atoms with E-state index in [9.17, 15) is 4.79 Å². The number of rotatable bonds is 2. The third-order valence-corrected chi connectivity index (χ3v) is 3.20. The van der Waals surface area contributed by atoms with E-state index >= 15 is 0 Å². The summed E-state index contributed by atoms with van der Waals surface area (Å²) in [5, 5.41) is 9.68. The minimum atomic E-state index is -0.188. The summed E-state index contributed by atoms with van der Waals surface area (Å²) in [7, 11) is 0. The standard InChI is InChI=1S/C11H17N3O/c1-8-7-9(14-13-8)12-10(15)11(2)5-3-4-6-11/h7H,3-6H2,1-2H3,(H2,12,13,14,15). The lowest BCUT2D eigenvalue weighted by Crippen LogP contribution is -2.30.